The van der Waals surface area contributed by atoms with E-state index in [1.807, 2.05) is 0 Å². The number of rotatable bonds is 2. The number of hydrogen-bond donors (Lipinski definition) is 0. The molecule has 0 aliphatic heterocycles. The van der Waals surface area contributed by atoms with Gasteiger partial charge in [-0.25, -0.2) is 0 Å². The van der Waals surface area contributed by atoms with Crippen LogP contribution in [-0.2, 0) is 13.2 Å². The Bertz CT molecular complexity index is 612. The molecule has 0 radical (unpaired) electrons. The van der Waals surface area contributed by atoms with Crippen LogP contribution in [0.4, 0.5) is 13.2 Å². The van der Waals surface area contributed by atoms with Crippen LogP contribution in [0.1, 0.15) is 23.0 Å². The molecule has 0 saturated carbocycles. The van der Waals surface area contributed by atoms with E-state index >= 15 is 0 Å². The Morgan fingerprint density at radius 3 is 2.21 bits per heavy atom. The maximum absolute atomic E-state index is 12.6. The number of halogens is 3. The molecule has 0 amide bonds. The minimum Gasteiger partial charge on any atom is -0.295 e. The SMILES string of the molecule is CC(=O)c1ccc(-c2cc(C(F)(F)F)n(C)n2)cc1. The number of alkyl halides is 3. The third-order valence-corrected chi connectivity index (χ3v) is 2.76. The number of nitrogens with zero attached hydrogens (tertiary/aromatic N) is 2. The number of aromatic nitrogens is 2. The lowest BCUT2D eigenvalue weighted by Crippen LogP contribution is -2.11. The maximum atomic E-state index is 12.6. The van der Waals surface area contributed by atoms with E-state index < -0.39 is 11.9 Å². The summed E-state index contributed by atoms with van der Waals surface area (Å²) in [5, 5.41) is 3.83. The fourth-order valence-corrected chi connectivity index (χ4v) is 1.75. The summed E-state index contributed by atoms with van der Waals surface area (Å²) in [7, 11) is 1.25. The average molecular weight is 268 g/mol. The van der Waals surface area contributed by atoms with Crippen LogP contribution in [0.2, 0.25) is 0 Å². The van der Waals surface area contributed by atoms with Crippen molar-refractivity contribution in [1.82, 2.24) is 9.78 Å². The van der Waals surface area contributed by atoms with Gasteiger partial charge in [0.15, 0.2) is 5.78 Å². The molecule has 3 nitrogen and oxygen atoms in total. The minimum absolute atomic E-state index is 0.0939. The van der Waals surface area contributed by atoms with Gasteiger partial charge in [0.1, 0.15) is 5.69 Å². The van der Waals surface area contributed by atoms with E-state index in [1.165, 1.54) is 14.0 Å². The van der Waals surface area contributed by atoms with Gasteiger partial charge < -0.3 is 0 Å². The smallest absolute Gasteiger partial charge is 0.295 e. The molecule has 0 spiro atoms. The average Bonchev–Trinajstić information content (AvgIpc) is 2.71. The van der Waals surface area contributed by atoms with Gasteiger partial charge in [0.05, 0.1) is 5.69 Å². The van der Waals surface area contributed by atoms with Gasteiger partial charge in [0.25, 0.3) is 0 Å². The second-order valence-corrected chi connectivity index (χ2v) is 4.17. The van der Waals surface area contributed by atoms with E-state index in [1.54, 1.807) is 24.3 Å². The van der Waals surface area contributed by atoms with Crippen LogP contribution in [0, 0.1) is 0 Å². The van der Waals surface area contributed by atoms with Gasteiger partial charge in [-0.05, 0) is 13.0 Å². The first kappa shape index (κ1) is 13.3. The normalized spacial score (nSPS) is 11.6. The van der Waals surface area contributed by atoms with Crippen molar-refractivity contribution in [3.8, 4) is 11.3 Å². The first-order chi connectivity index (χ1) is 8.79. The fraction of sp³-hybridized carbons (Fsp3) is 0.231. The standard InChI is InChI=1S/C13H11F3N2O/c1-8(19)9-3-5-10(6-4-9)11-7-12(13(14,15)16)18(2)17-11/h3-7H,1-2H3. The Kier molecular flexibility index (Phi) is 3.18. The zero-order valence-corrected chi connectivity index (χ0v) is 10.3. The summed E-state index contributed by atoms with van der Waals surface area (Å²) < 4.78 is 38.7. The summed E-state index contributed by atoms with van der Waals surface area (Å²) in [5.41, 5.74) is 0.467. The van der Waals surface area contributed by atoms with Crippen molar-refractivity contribution < 1.29 is 18.0 Å². The van der Waals surface area contributed by atoms with Crippen molar-refractivity contribution in [2.24, 2.45) is 7.05 Å². The van der Waals surface area contributed by atoms with Crippen LogP contribution in [0.15, 0.2) is 30.3 Å². The number of ketones is 1. The van der Waals surface area contributed by atoms with Crippen LogP contribution in [0.5, 0.6) is 0 Å². The summed E-state index contributed by atoms with van der Waals surface area (Å²) in [6.45, 7) is 1.43. The third kappa shape index (κ3) is 2.67. The van der Waals surface area contributed by atoms with Gasteiger partial charge in [-0.15, -0.1) is 0 Å². The predicted octanol–water partition coefficient (Wildman–Crippen LogP) is 3.31. The number of carbonyl (C=O) groups is 1. The number of aryl methyl sites for hydroxylation is 1. The van der Waals surface area contributed by atoms with Gasteiger partial charge in [0, 0.05) is 18.2 Å². The zero-order chi connectivity index (χ0) is 14.2. The van der Waals surface area contributed by atoms with Gasteiger partial charge in [-0.1, -0.05) is 24.3 Å². The Morgan fingerprint density at radius 1 is 1.21 bits per heavy atom. The Labute approximate surface area is 107 Å². The van der Waals surface area contributed by atoms with Crippen LogP contribution in [0.3, 0.4) is 0 Å². The molecular weight excluding hydrogens is 257 g/mol. The van der Waals surface area contributed by atoms with Crippen LogP contribution >= 0.6 is 0 Å². The van der Waals surface area contributed by atoms with E-state index in [-0.39, 0.29) is 11.5 Å². The van der Waals surface area contributed by atoms with E-state index in [4.69, 9.17) is 0 Å². The second-order valence-electron chi connectivity index (χ2n) is 4.17. The zero-order valence-electron chi connectivity index (χ0n) is 10.3. The van der Waals surface area contributed by atoms with Crippen molar-refractivity contribution >= 4 is 5.78 Å². The Balaban J connectivity index is 2.40. The minimum atomic E-state index is -4.43. The Morgan fingerprint density at radius 2 is 1.79 bits per heavy atom. The van der Waals surface area contributed by atoms with E-state index in [0.29, 0.717) is 11.1 Å². The lowest BCUT2D eigenvalue weighted by atomic mass is 10.1. The number of carbonyl (C=O) groups excluding carboxylic acids is 1. The van der Waals surface area contributed by atoms with Crippen molar-refractivity contribution in [1.29, 1.82) is 0 Å². The highest BCUT2D eigenvalue weighted by Crippen LogP contribution is 2.31. The highest BCUT2D eigenvalue weighted by atomic mass is 19.4. The molecule has 1 aromatic heterocycles. The number of hydrogen-bond acceptors (Lipinski definition) is 2. The molecule has 0 fully saturated rings. The topological polar surface area (TPSA) is 34.9 Å². The summed E-state index contributed by atoms with van der Waals surface area (Å²) in [5.74, 6) is -0.0939. The molecule has 0 atom stereocenters. The van der Waals surface area contributed by atoms with Crippen molar-refractivity contribution in [3.63, 3.8) is 0 Å². The number of benzene rings is 1. The molecule has 1 aromatic carbocycles. The summed E-state index contributed by atoms with van der Waals surface area (Å²) >= 11 is 0. The highest BCUT2D eigenvalue weighted by Gasteiger charge is 2.35. The second kappa shape index (κ2) is 4.53. The lowest BCUT2D eigenvalue weighted by Gasteiger charge is -2.04. The molecule has 0 aliphatic rings. The first-order valence-corrected chi connectivity index (χ1v) is 5.51. The number of Topliss-reactive ketones (excluding diaryl/α,β-unsaturated/α-hetero) is 1. The van der Waals surface area contributed by atoms with Crippen molar-refractivity contribution in [2.45, 2.75) is 13.1 Å². The van der Waals surface area contributed by atoms with Crippen LogP contribution < -0.4 is 0 Å². The predicted molar refractivity (Wildman–Crippen MR) is 63.7 cm³/mol. The van der Waals surface area contributed by atoms with Crippen LogP contribution in [0.25, 0.3) is 11.3 Å². The molecule has 6 heteroatoms. The lowest BCUT2D eigenvalue weighted by molar-refractivity contribution is -0.143. The van der Waals surface area contributed by atoms with E-state index in [2.05, 4.69) is 5.10 Å². The van der Waals surface area contributed by atoms with Gasteiger partial charge in [-0.2, -0.15) is 18.3 Å². The quantitative estimate of drug-likeness (QED) is 0.783. The summed E-state index contributed by atoms with van der Waals surface area (Å²) in [6, 6.07) is 7.29. The molecule has 19 heavy (non-hydrogen) atoms. The summed E-state index contributed by atoms with van der Waals surface area (Å²) in [6.07, 6.45) is -4.43. The molecule has 0 N–H and O–H groups in total. The molecule has 0 unspecified atom stereocenters. The van der Waals surface area contributed by atoms with Gasteiger partial charge in [0.2, 0.25) is 0 Å². The first-order valence-electron chi connectivity index (χ1n) is 5.51. The molecule has 2 rings (SSSR count). The molecule has 100 valence electrons. The van der Waals surface area contributed by atoms with Gasteiger partial charge >= 0.3 is 6.18 Å². The van der Waals surface area contributed by atoms with Crippen molar-refractivity contribution in [3.05, 3.63) is 41.6 Å². The molecular formula is C13H11F3N2O. The Hall–Kier alpha value is -2.11. The summed E-state index contributed by atoms with van der Waals surface area (Å²) in [4.78, 5) is 11.1. The molecule has 2 aromatic rings. The van der Waals surface area contributed by atoms with Gasteiger partial charge in [-0.3, -0.25) is 9.48 Å². The highest BCUT2D eigenvalue weighted by molar-refractivity contribution is 5.94. The molecule has 0 aliphatic carbocycles. The van der Waals surface area contributed by atoms with Crippen molar-refractivity contribution in [2.75, 3.05) is 0 Å². The molecule has 0 bridgehead atoms. The fourth-order valence-electron chi connectivity index (χ4n) is 1.75. The van der Waals surface area contributed by atoms with E-state index in [0.717, 1.165) is 10.7 Å². The largest absolute Gasteiger partial charge is 0.433 e. The van der Waals surface area contributed by atoms with E-state index in [9.17, 15) is 18.0 Å². The third-order valence-electron chi connectivity index (χ3n) is 2.76. The molecule has 0 saturated heterocycles. The van der Waals surface area contributed by atoms with Crippen LogP contribution in [-0.4, -0.2) is 15.6 Å². The monoisotopic (exact) mass is 268 g/mol. The maximum Gasteiger partial charge on any atom is 0.433 e. The molecule has 1 heterocycles.